The molecule has 2 unspecified atom stereocenters. The molecule has 3 nitrogen and oxygen atoms in total. The molecule has 0 aromatic heterocycles. The molecular weight excluding hydrogens is 316 g/mol. The Morgan fingerprint density at radius 1 is 1.05 bits per heavy atom. The molecule has 0 bridgehead atoms. The van der Waals surface area contributed by atoms with Crippen molar-refractivity contribution in [1.82, 2.24) is 0 Å². The van der Waals surface area contributed by atoms with Crippen LogP contribution in [-0.2, 0) is 9.59 Å². The third-order valence-corrected chi connectivity index (χ3v) is 9.33. The Bertz CT molecular complexity index is 285. The van der Waals surface area contributed by atoms with Crippen molar-refractivity contribution in [2.24, 2.45) is 11.8 Å². The summed E-state index contributed by atoms with van der Waals surface area (Å²) < 4.78 is 0. The number of aliphatic hydroxyl groups is 1. The van der Waals surface area contributed by atoms with Crippen LogP contribution < -0.4 is 0 Å². The van der Waals surface area contributed by atoms with Gasteiger partial charge in [-0.2, -0.15) is 11.1 Å². The largest absolute Gasteiger partial charge is 0.396 e. The molecular formula is C17H37ClO3Si. The molecule has 0 saturated carbocycles. The van der Waals surface area contributed by atoms with E-state index in [0.717, 1.165) is 6.42 Å². The van der Waals surface area contributed by atoms with E-state index >= 15 is 0 Å². The fraction of sp³-hybridized carbons (Fsp3) is 0.882. The SMILES string of the molecule is CC(=O)C(C)CO.CC(C)(C)[Si](C)(C)Cl.CCC(C)C(C)=O. The number of carbonyl (C=O) groups excluding carboxylic acids is 2. The molecule has 0 aliphatic rings. The van der Waals surface area contributed by atoms with Gasteiger partial charge in [-0.3, -0.25) is 9.59 Å². The number of hydrogen-bond acceptors (Lipinski definition) is 3. The van der Waals surface area contributed by atoms with E-state index in [4.69, 9.17) is 16.2 Å². The molecule has 0 aromatic carbocycles. The lowest BCUT2D eigenvalue weighted by molar-refractivity contribution is -0.121. The zero-order valence-electron chi connectivity index (χ0n) is 16.2. The molecule has 0 amide bonds. The summed E-state index contributed by atoms with van der Waals surface area (Å²) >= 11 is 6.15. The quantitative estimate of drug-likeness (QED) is 0.568. The van der Waals surface area contributed by atoms with E-state index in [-0.39, 0.29) is 24.2 Å². The highest BCUT2D eigenvalue weighted by atomic mass is 35.6. The summed E-state index contributed by atoms with van der Waals surface area (Å²) in [5.74, 6) is 0.421. The summed E-state index contributed by atoms with van der Waals surface area (Å²) in [6.45, 7) is 19.7. The maximum atomic E-state index is 10.4. The molecule has 0 radical (unpaired) electrons. The molecule has 5 heteroatoms. The zero-order chi connectivity index (χ0) is 18.7. The van der Waals surface area contributed by atoms with Crippen molar-refractivity contribution >= 4 is 30.0 Å². The Kier molecular flexibility index (Phi) is 14.9. The first kappa shape index (κ1) is 26.7. The van der Waals surface area contributed by atoms with Crippen molar-refractivity contribution in [3.05, 3.63) is 0 Å². The molecule has 134 valence electrons. The number of carbonyl (C=O) groups is 2. The number of Topliss-reactive ketones (excluding diaryl/α,β-unsaturated/α-hetero) is 2. The summed E-state index contributed by atoms with van der Waals surface area (Å²) in [5, 5.41) is 8.63. The lowest BCUT2D eigenvalue weighted by Gasteiger charge is -2.29. The molecule has 0 aromatic rings. The van der Waals surface area contributed by atoms with Crippen LogP contribution in [0, 0.1) is 11.8 Å². The van der Waals surface area contributed by atoms with Gasteiger partial charge in [-0.1, -0.05) is 54.6 Å². The molecule has 0 aliphatic heterocycles. The lowest BCUT2D eigenvalue weighted by Crippen LogP contribution is -2.29. The number of halogens is 1. The average Bonchev–Trinajstić information content (AvgIpc) is 2.35. The number of hydrogen-bond donors (Lipinski definition) is 1. The fourth-order valence-corrected chi connectivity index (χ4v) is 0.416. The van der Waals surface area contributed by atoms with Gasteiger partial charge in [0.05, 0.1) is 6.61 Å². The van der Waals surface area contributed by atoms with E-state index in [2.05, 4.69) is 33.9 Å². The van der Waals surface area contributed by atoms with E-state index in [1.807, 2.05) is 13.8 Å². The molecule has 2 atom stereocenters. The van der Waals surface area contributed by atoms with Crippen molar-refractivity contribution in [2.75, 3.05) is 6.61 Å². The van der Waals surface area contributed by atoms with E-state index in [0.29, 0.717) is 10.8 Å². The van der Waals surface area contributed by atoms with Crippen LogP contribution in [0.1, 0.15) is 61.8 Å². The van der Waals surface area contributed by atoms with Gasteiger partial charge in [0.1, 0.15) is 11.6 Å². The normalized spacial score (nSPS) is 13.8. The van der Waals surface area contributed by atoms with Gasteiger partial charge in [0.15, 0.2) is 7.38 Å². The van der Waals surface area contributed by atoms with Crippen LogP contribution in [0.4, 0.5) is 0 Å². The first-order chi connectivity index (χ1) is 9.61. The predicted octanol–water partition coefficient (Wildman–Crippen LogP) is 5.06. The van der Waals surface area contributed by atoms with Gasteiger partial charge in [-0.05, 0) is 25.3 Å². The van der Waals surface area contributed by atoms with E-state index < -0.39 is 7.38 Å². The second-order valence-electron chi connectivity index (χ2n) is 7.34. The minimum Gasteiger partial charge on any atom is -0.396 e. The average molecular weight is 353 g/mol. The first-order valence-corrected chi connectivity index (χ1v) is 11.9. The van der Waals surface area contributed by atoms with Crippen molar-refractivity contribution in [2.45, 2.75) is 79.9 Å². The first-order valence-electron chi connectivity index (χ1n) is 7.92. The molecule has 0 fully saturated rings. The van der Waals surface area contributed by atoms with Crippen LogP contribution in [-0.4, -0.2) is 30.7 Å². The van der Waals surface area contributed by atoms with Crippen molar-refractivity contribution in [3.8, 4) is 0 Å². The maximum absolute atomic E-state index is 10.4. The van der Waals surface area contributed by atoms with Crippen LogP contribution in [0.3, 0.4) is 0 Å². The van der Waals surface area contributed by atoms with Crippen LogP contribution in [0.25, 0.3) is 0 Å². The summed E-state index contributed by atoms with van der Waals surface area (Å²) in [4.78, 5) is 20.6. The Hall–Kier alpha value is -0.193. The van der Waals surface area contributed by atoms with Gasteiger partial charge < -0.3 is 5.11 Å². The number of aliphatic hydroxyl groups excluding tert-OH is 1. The molecule has 0 saturated heterocycles. The molecule has 0 spiro atoms. The minimum absolute atomic E-state index is 0.0324. The lowest BCUT2D eigenvalue weighted by atomic mass is 10.1. The molecule has 22 heavy (non-hydrogen) atoms. The fourth-order valence-electron chi connectivity index (χ4n) is 0.416. The standard InChI is InChI=1S/C6H15ClSi.C6H12O.C5H10O2/c1-6(2,3)8(4,5)7;1-4-5(2)6(3)7;1-4(3-6)5(2)7/h1-5H3;5H,4H2,1-3H3;4,6H,3H2,1-2H3. The number of rotatable bonds is 4. The zero-order valence-corrected chi connectivity index (χ0v) is 18.0. The molecule has 0 rings (SSSR count). The van der Waals surface area contributed by atoms with Crippen LogP contribution >= 0.6 is 11.1 Å². The predicted molar refractivity (Wildman–Crippen MR) is 100 cm³/mol. The summed E-state index contributed by atoms with van der Waals surface area (Å²) in [7, 11) is -1.39. The Balaban J connectivity index is -0.000000247. The molecule has 0 aliphatic carbocycles. The van der Waals surface area contributed by atoms with Gasteiger partial charge in [-0.25, -0.2) is 0 Å². The minimum atomic E-state index is -1.39. The Labute approximate surface area is 143 Å². The second-order valence-corrected chi connectivity index (χ2v) is 14.6. The van der Waals surface area contributed by atoms with Gasteiger partial charge in [0, 0.05) is 11.8 Å². The maximum Gasteiger partial charge on any atom is 0.155 e. The van der Waals surface area contributed by atoms with Crippen LogP contribution in [0.5, 0.6) is 0 Å². The molecule has 1 N–H and O–H groups in total. The van der Waals surface area contributed by atoms with Crippen LogP contribution in [0.15, 0.2) is 0 Å². The van der Waals surface area contributed by atoms with E-state index in [1.54, 1.807) is 13.8 Å². The second kappa shape index (κ2) is 12.3. The van der Waals surface area contributed by atoms with Gasteiger partial charge in [0.25, 0.3) is 0 Å². The van der Waals surface area contributed by atoms with Crippen molar-refractivity contribution < 1.29 is 14.7 Å². The van der Waals surface area contributed by atoms with Crippen molar-refractivity contribution in [3.63, 3.8) is 0 Å². The summed E-state index contributed by atoms with van der Waals surface area (Å²) in [5.41, 5.74) is 0. The van der Waals surface area contributed by atoms with Gasteiger partial charge >= 0.3 is 0 Å². The van der Waals surface area contributed by atoms with E-state index in [9.17, 15) is 9.59 Å². The molecule has 0 heterocycles. The third-order valence-electron chi connectivity index (χ3n) is 4.06. The van der Waals surface area contributed by atoms with Gasteiger partial charge in [0.2, 0.25) is 0 Å². The van der Waals surface area contributed by atoms with E-state index in [1.165, 1.54) is 6.92 Å². The summed E-state index contributed by atoms with van der Waals surface area (Å²) in [6, 6.07) is 0. The number of ketones is 2. The smallest absolute Gasteiger partial charge is 0.155 e. The Morgan fingerprint density at radius 2 is 1.32 bits per heavy atom. The Morgan fingerprint density at radius 3 is 1.32 bits per heavy atom. The van der Waals surface area contributed by atoms with Gasteiger partial charge in [-0.15, -0.1) is 0 Å². The highest BCUT2D eigenvalue weighted by Crippen LogP contribution is 2.38. The monoisotopic (exact) mass is 352 g/mol. The highest BCUT2D eigenvalue weighted by Gasteiger charge is 2.32. The van der Waals surface area contributed by atoms with Crippen LogP contribution in [0.2, 0.25) is 18.1 Å². The topological polar surface area (TPSA) is 54.4 Å². The third kappa shape index (κ3) is 16.2. The summed E-state index contributed by atoms with van der Waals surface area (Å²) in [6.07, 6.45) is 0.968. The van der Waals surface area contributed by atoms with Crippen molar-refractivity contribution in [1.29, 1.82) is 0 Å². The highest BCUT2D eigenvalue weighted by molar-refractivity contribution is 7.20.